The number of aliphatic hydroxyl groups is 1. The predicted molar refractivity (Wildman–Crippen MR) is 95.8 cm³/mol. The van der Waals surface area contributed by atoms with E-state index in [-0.39, 0.29) is 13.0 Å². The number of nitrogens with one attached hydrogen (secondary N) is 2. The summed E-state index contributed by atoms with van der Waals surface area (Å²) in [5.41, 5.74) is 5.55. The molecule has 14 nitrogen and oxygen atoms in total. The Morgan fingerprint density at radius 2 is 1.57 bits per heavy atom. The number of carboxylic acid groups (broad SMARTS) is 3. The number of nitrogens with two attached hydrogens (primary N) is 1. The molecule has 0 spiro atoms. The number of amides is 3. The van der Waals surface area contributed by atoms with Crippen LogP contribution >= 0.6 is 0 Å². The van der Waals surface area contributed by atoms with Gasteiger partial charge in [0.05, 0.1) is 25.5 Å². The Labute approximate surface area is 170 Å². The van der Waals surface area contributed by atoms with Crippen molar-refractivity contribution in [2.45, 2.75) is 49.9 Å². The van der Waals surface area contributed by atoms with Crippen molar-refractivity contribution in [3.8, 4) is 0 Å². The van der Waals surface area contributed by atoms with Gasteiger partial charge in [0.15, 0.2) is 0 Å². The molecule has 1 aliphatic rings. The third-order valence-corrected chi connectivity index (χ3v) is 4.36. The van der Waals surface area contributed by atoms with E-state index in [0.717, 1.165) is 4.90 Å². The Kier molecular flexibility index (Phi) is 9.14. The highest BCUT2D eigenvalue weighted by atomic mass is 16.4. The van der Waals surface area contributed by atoms with Crippen molar-refractivity contribution < 1.29 is 49.2 Å². The molecule has 3 amide bonds. The summed E-state index contributed by atoms with van der Waals surface area (Å²) < 4.78 is 0. The quantitative estimate of drug-likeness (QED) is 0.168. The number of carbonyl (C=O) groups excluding carboxylic acids is 3. The molecule has 4 atom stereocenters. The van der Waals surface area contributed by atoms with E-state index in [1.807, 2.05) is 5.32 Å². The van der Waals surface area contributed by atoms with Gasteiger partial charge >= 0.3 is 17.9 Å². The molecule has 1 aliphatic heterocycles. The molecule has 0 aromatic rings. The van der Waals surface area contributed by atoms with E-state index in [9.17, 15) is 33.9 Å². The summed E-state index contributed by atoms with van der Waals surface area (Å²) in [7, 11) is 0. The van der Waals surface area contributed by atoms with Crippen LogP contribution in [0, 0.1) is 0 Å². The number of carbonyl (C=O) groups is 6. The first-order valence-electron chi connectivity index (χ1n) is 8.92. The van der Waals surface area contributed by atoms with Gasteiger partial charge in [0.2, 0.25) is 17.7 Å². The molecule has 0 aromatic carbocycles. The minimum absolute atomic E-state index is 0.139. The fraction of sp³-hybridized carbons (Fsp3) is 0.625. The maximum absolute atomic E-state index is 12.5. The molecule has 14 heteroatoms. The van der Waals surface area contributed by atoms with Crippen molar-refractivity contribution >= 4 is 35.6 Å². The summed E-state index contributed by atoms with van der Waals surface area (Å²) in [4.78, 5) is 70.5. The van der Waals surface area contributed by atoms with E-state index in [2.05, 4.69) is 5.32 Å². The molecule has 168 valence electrons. The molecular formula is C16H24N4O10. The zero-order valence-corrected chi connectivity index (χ0v) is 15.8. The highest BCUT2D eigenvalue weighted by Gasteiger charge is 2.38. The van der Waals surface area contributed by atoms with Gasteiger partial charge in [-0.25, -0.2) is 4.79 Å². The van der Waals surface area contributed by atoms with Crippen molar-refractivity contribution in [3.63, 3.8) is 0 Å². The Balaban J connectivity index is 2.80. The molecule has 4 unspecified atom stereocenters. The van der Waals surface area contributed by atoms with Crippen LogP contribution in [-0.2, 0) is 28.8 Å². The molecule has 0 saturated carbocycles. The Hall–Kier alpha value is -3.26. The summed E-state index contributed by atoms with van der Waals surface area (Å²) >= 11 is 0. The highest BCUT2D eigenvalue weighted by molar-refractivity contribution is 5.95. The molecular weight excluding hydrogens is 408 g/mol. The Morgan fingerprint density at radius 1 is 0.967 bits per heavy atom. The number of carboxylic acids is 3. The fourth-order valence-corrected chi connectivity index (χ4v) is 2.90. The van der Waals surface area contributed by atoms with Crippen LogP contribution in [-0.4, -0.2) is 98.3 Å². The zero-order valence-electron chi connectivity index (χ0n) is 15.8. The molecule has 1 saturated heterocycles. The van der Waals surface area contributed by atoms with Crippen LogP contribution in [0.25, 0.3) is 0 Å². The van der Waals surface area contributed by atoms with Gasteiger partial charge in [-0.15, -0.1) is 0 Å². The molecule has 0 bridgehead atoms. The number of aliphatic hydroxyl groups excluding tert-OH is 1. The average molecular weight is 432 g/mol. The highest BCUT2D eigenvalue weighted by Crippen LogP contribution is 2.19. The van der Waals surface area contributed by atoms with Crippen LogP contribution in [0.15, 0.2) is 0 Å². The molecule has 0 aliphatic carbocycles. The van der Waals surface area contributed by atoms with Crippen LogP contribution < -0.4 is 16.4 Å². The minimum Gasteiger partial charge on any atom is -0.481 e. The van der Waals surface area contributed by atoms with Gasteiger partial charge < -0.3 is 41.7 Å². The first-order valence-corrected chi connectivity index (χ1v) is 8.92. The standard InChI is InChI=1S/C16H24N4O10/c17-7(4-11(22)23)15(28)20-3-1-2-10(20)14(27)19-9(6-21)13(26)18-8(16(29)30)5-12(24)25/h7-10,21H,1-6,17H2,(H,18,26)(H,19,27)(H,22,23)(H,24,25)(H,29,30). The van der Waals surface area contributed by atoms with Crippen LogP contribution in [0.4, 0.5) is 0 Å². The van der Waals surface area contributed by atoms with Gasteiger partial charge in [0.25, 0.3) is 0 Å². The lowest BCUT2D eigenvalue weighted by Gasteiger charge is -2.27. The predicted octanol–water partition coefficient (Wildman–Crippen LogP) is -3.70. The second-order valence-electron chi connectivity index (χ2n) is 6.64. The first-order chi connectivity index (χ1) is 14.0. The lowest BCUT2D eigenvalue weighted by atomic mass is 10.1. The maximum atomic E-state index is 12.5. The number of nitrogens with zero attached hydrogens (tertiary/aromatic N) is 1. The SMILES string of the molecule is NC(CC(=O)O)C(=O)N1CCCC1C(=O)NC(CO)C(=O)NC(CC(=O)O)C(=O)O. The van der Waals surface area contributed by atoms with Gasteiger partial charge in [-0.2, -0.15) is 0 Å². The van der Waals surface area contributed by atoms with Crippen molar-refractivity contribution in [3.05, 3.63) is 0 Å². The van der Waals surface area contributed by atoms with Gasteiger partial charge in [-0.05, 0) is 12.8 Å². The number of hydrogen-bond acceptors (Lipinski definition) is 8. The van der Waals surface area contributed by atoms with E-state index in [1.165, 1.54) is 0 Å². The van der Waals surface area contributed by atoms with Crippen LogP contribution in [0.1, 0.15) is 25.7 Å². The summed E-state index contributed by atoms with van der Waals surface area (Å²) in [6.45, 7) is -0.782. The van der Waals surface area contributed by atoms with Gasteiger partial charge in [0, 0.05) is 6.54 Å². The van der Waals surface area contributed by atoms with E-state index in [0.29, 0.717) is 6.42 Å². The molecule has 1 heterocycles. The monoisotopic (exact) mass is 432 g/mol. The molecule has 8 N–H and O–H groups in total. The number of rotatable bonds is 11. The number of likely N-dealkylation sites (tertiary alicyclic amines) is 1. The van der Waals surface area contributed by atoms with Gasteiger partial charge in [0.1, 0.15) is 18.1 Å². The van der Waals surface area contributed by atoms with Gasteiger partial charge in [-0.1, -0.05) is 0 Å². The minimum atomic E-state index is -1.78. The van der Waals surface area contributed by atoms with Crippen molar-refractivity contribution in [2.24, 2.45) is 5.73 Å². The van der Waals surface area contributed by atoms with Gasteiger partial charge in [-0.3, -0.25) is 24.0 Å². The van der Waals surface area contributed by atoms with Crippen LogP contribution in [0.3, 0.4) is 0 Å². The lowest BCUT2D eigenvalue weighted by molar-refractivity contribution is -0.147. The lowest BCUT2D eigenvalue weighted by Crippen LogP contribution is -2.57. The molecule has 30 heavy (non-hydrogen) atoms. The van der Waals surface area contributed by atoms with E-state index < -0.39 is 79.2 Å². The average Bonchev–Trinajstić information content (AvgIpc) is 3.13. The summed E-state index contributed by atoms with van der Waals surface area (Å²) in [5.74, 6) is -7.10. The third kappa shape index (κ3) is 6.97. The van der Waals surface area contributed by atoms with E-state index >= 15 is 0 Å². The smallest absolute Gasteiger partial charge is 0.326 e. The maximum Gasteiger partial charge on any atom is 0.326 e. The number of hydrogen-bond donors (Lipinski definition) is 7. The third-order valence-electron chi connectivity index (χ3n) is 4.36. The molecule has 1 rings (SSSR count). The van der Waals surface area contributed by atoms with Crippen molar-refractivity contribution in [1.29, 1.82) is 0 Å². The largest absolute Gasteiger partial charge is 0.481 e. The number of aliphatic carboxylic acids is 3. The van der Waals surface area contributed by atoms with Crippen LogP contribution in [0.5, 0.6) is 0 Å². The Morgan fingerprint density at radius 3 is 2.07 bits per heavy atom. The Bertz CT molecular complexity index is 712. The first kappa shape index (κ1) is 24.8. The normalized spacial score (nSPS) is 18.7. The second kappa shape index (κ2) is 11.1. The molecule has 1 fully saturated rings. The van der Waals surface area contributed by atoms with Crippen molar-refractivity contribution in [1.82, 2.24) is 15.5 Å². The molecule has 0 radical (unpaired) electrons. The topological polar surface area (TPSA) is 237 Å². The summed E-state index contributed by atoms with van der Waals surface area (Å²) in [5, 5.41) is 39.9. The fourth-order valence-electron chi connectivity index (χ4n) is 2.90. The van der Waals surface area contributed by atoms with Crippen molar-refractivity contribution in [2.75, 3.05) is 13.2 Å². The van der Waals surface area contributed by atoms with E-state index in [4.69, 9.17) is 21.1 Å². The van der Waals surface area contributed by atoms with E-state index in [1.54, 1.807) is 0 Å². The van der Waals surface area contributed by atoms with Crippen LogP contribution in [0.2, 0.25) is 0 Å². The summed E-state index contributed by atoms with van der Waals surface area (Å²) in [6.07, 6.45) is -0.932. The zero-order chi connectivity index (χ0) is 23.0. The summed E-state index contributed by atoms with van der Waals surface area (Å²) in [6, 6.07) is -5.80. The second-order valence-corrected chi connectivity index (χ2v) is 6.64. The molecule has 0 aromatic heterocycles.